The van der Waals surface area contributed by atoms with E-state index in [1.165, 1.54) is 18.2 Å². The first-order valence-corrected chi connectivity index (χ1v) is 11.6. The highest BCUT2D eigenvalue weighted by Gasteiger charge is 2.32. The standard InChI is InChI=1S/C26H25FN6O3/c1-31-9-11-32(12-10-31)22-8-6-19(26(28)34)25(33(35)36)23(22)24-20-15-17(5-7-21(20)29-30-24)13-16-3-2-4-18(27)14-16/h2-8,14-15H,9-13H2,1H3,(H2,28,34)(H,29,30). The molecule has 0 atom stereocenters. The molecule has 1 saturated heterocycles. The lowest BCUT2D eigenvalue weighted by Gasteiger charge is -2.35. The highest BCUT2D eigenvalue weighted by atomic mass is 19.1. The quantitative estimate of drug-likeness (QED) is 0.315. The van der Waals surface area contributed by atoms with Crippen LogP contribution in [0.25, 0.3) is 22.2 Å². The number of likely N-dealkylation sites (N-methyl/N-ethyl adjacent to an activating group) is 1. The third-order valence-electron chi connectivity index (χ3n) is 6.61. The van der Waals surface area contributed by atoms with Crippen LogP contribution in [-0.2, 0) is 6.42 Å². The molecule has 1 amide bonds. The van der Waals surface area contributed by atoms with Crippen molar-refractivity contribution in [2.45, 2.75) is 6.42 Å². The SMILES string of the molecule is CN1CCN(c2ccc(C(N)=O)c([N+](=O)[O-])c2-c2n[nH]c3ccc(Cc4cccc(F)c4)cc23)CC1. The van der Waals surface area contributed by atoms with E-state index in [1.807, 2.05) is 31.3 Å². The number of primary amides is 1. The van der Waals surface area contributed by atoms with Crippen LogP contribution < -0.4 is 10.6 Å². The van der Waals surface area contributed by atoms with Gasteiger partial charge in [0.15, 0.2) is 0 Å². The molecule has 0 saturated carbocycles. The van der Waals surface area contributed by atoms with Gasteiger partial charge in [-0.05, 0) is 61.0 Å². The van der Waals surface area contributed by atoms with Crippen molar-refractivity contribution in [1.82, 2.24) is 15.1 Å². The smallest absolute Gasteiger partial charge is 0.293 e. The van der Waals surface area contributed by atoms with Crippen molar-refractivity contribution in [3.63, 3.8) is 0 Å². The zero-order valence-electron chi connectivity index (χ0n) is 19.7. The summed E-state index contributed by atoms with van der Waals surface area (Å²) in [4.78, 5) is 28.2. The highest BCUT2D eigenvalue weighted by Crippen LogP contribution is 2.43. The summed E-state index contributed by atoms with van der Waals surface area (Å²) in [5.41, 5.74) is 8.66. The average molecular weight is 489 g/mol. The maximum atomic E-state index is 13.7. The molecule has 36 heavy (non-hydrogen) atoms. The largest absolute Gasteiger partial charge is 0.368 e. The molecule has 0 radical (unpaired) electrons. The molecule has 3 N–H and O–H groups in total. The number of benzene rings is 3. The molecule has 1 aliphatic heterocycles. The minimum absolute atomic E-state index is 0.167. The van der Waals surface area contributed by atoms with Gasteiger partial charge < -0.3 is 15.5 Å². The summed E-state index contributed by atoms with van der Waals surface area (Å²) in [6.45, 7) is 2.93. The molecule has 10 heteroatoms. The first-order valence-electron chi connectivity index (χ1n) is 11.6. The van der Waals surface area contributed by atoms with Crippen LogP contribution in [0.5, 0.6) is 0 Å². The number of aromatic nitrogens is 2. The lowest BCUT2D eigenvalue weighted by atomic mass is 9.96. The van der Waals surface area contributed by atoms with Crippen LogP contribution >= 0.6 is 0 Å². The molecule has 1 fully saturated rings. The fraction of sp³-hybridized carbons (Fsp3) is 0.231. The molecule has 0 bridgehead atoms. The number of halogens is 1. The molecule has 1 aromatic heterocycles. The Morgan fingerprint density at radius 2 is 1.86 bits per heavy atom. The van der Waals surface area contributed by atoms with Gasteiger partial charge in [0.1, 0.15) is 22.6 Å². The fourth-order valence-electron chi connectivity index (χ4n) is 4.76. The van der Waals surface area contributed by atoms with E-state index in [1.54, 1.807) is 12.1 Å². The van der Waals surface area contributed by atoms with E-state index in [-0.39, 0.29) is 22.6 Å². The number of anilines is 1. The Morgan fingerprint density at radius 3 is 2.56 bits per heavy atom. The molecule has 0 spiro atoms. The van der Waals surface area contributed by atoms with Crippen molar-refractivity contribution in [1.29, 1.82) is 0 Å². The van der Waals surface area contributed by atoms with Gasteiger partial charge in [0.2, 0.25) is 0 Å². The lowest BCUT2D eigenvalue weighted by Crippen LogP contribution is -2.44. The zero-order chi connectivity index (χ0) is 25.4. The normalized spacial score (nSPS) is 14.3. The fourth-order valence-corrected chi connectivity index (χ4v) is 4.76. The number of piperazine rings is 1. The third-order valence-corrected chi connectivity index (χ3v) is 6.61. The summed E-state index contributed by atoms with van der Waals surface area (Å²) in [5.74, 6) is -1.19. The third kappa shape index (κ3) is 4.38. The Hall–Kier alpha value is -4.31. The van der Waals surface area contributed by atoms with Gasteiger partial charge in [-0.25, -0.2) is 4.39 Å². The summed E-state index contributed by atoms with van der Waals surface area (Å²) >= 11 is 0. The predicted molar refractivity (Wildman–Crippen MR) is 136 cm³/mol. The van der Waals surface area contributed by atoms with Gasteiger partial charge in [-0.3, -0.25) is 20.0 Å². The van der Waals surface area contributed by atoms with Crippen molar-refractivity contribution in [3.05, 3.63) is 87.2 Å². The summed E-state index contributed by atoms with van der Waals surface area (Å²) in [5, 5.41) is 20.4. The molecule has 3 aromatic carbocycles. The Labute approximate surface area is 206 Å². The highest BCUT2D eigenvalue weighted by molar-refractivity contribution is 6.06. The van der Waals surface area contributed by atoms with Gasteiger partial charge in [-0.1, -0.05) is 18.2 Å². The summed E-state index contributed by atoms with van der Waals surface area (Å²) < 4.78 is 13.7. The average Bonchev–Trinajstić information content (AvgIpc) is 3.26. The lowest BCUT2D eigenvalue weighted by molar-refractivity contribution is -0.384. The first kappa shape index (κ1) is 23.4. The molecule has 9 nitrogen and oxygen atoms in total. The molecule has 2 heterocycles. The Kier molecular flexibility index (Phi) is 6.11. The second-order valence-corrected chi connectivity index (χ2v) is 9.03. The van der Waals surface area contributed by atoms with E-state index >= 15 is 0 Å². The summed E-state index contributed by atoms with van der Waals surface area (Å²) in [7, 11) is 2.03. The Bertz CT molecular complexity index is 1480. The number of rotatable bonds is 6. The molecule has 5 rings (SSSR count). The number of H-pyrrole nitrogens is 1. The van der Waals surface area contributed by atoms with E-state index in [0.717, 1.165) is 24.2 Å². The van der Waals surface area contributed by atoms with Crippen molar-refractivity contribution < 1.29 is 14.1 Å². The van der Waals surface area contributed by atoms with Crippen LogP contribution in [0, 0.1) is 15.9 Å². The van der Waals surface area contributed by atoms with Crippen molar-refractivity contribution in [2.75, 3.05) is 38.1 Å². The second kappa shape index (κ2) is 9.38. The first-order chi connectivity index (χ1) is 17.3. The van der Waals surface area contributed by atoms with E-state index in [2.05, 4.69) is 20.0 Å². The Morgan fingerprint density at radius 1 is 1.11 bits per heavy atom. The van der Waals surface area contributed by atoms with Gasteiger partial charge in [0, 0.05) is 31.6 Å². The van der Waals surface area contributed by atoms with Gasteiger partial charge in [-0.15, -0.1) is 0 Å². The molecular weight excluding hydrogens is 463 g/mol. The van der Waals surface area contributed by atoms with Gasteiger partial charge in [0.05, 0.1) is 16.1 Å². The van der Waals surface area contributed by atoms with Gasteiger partial charge >= 0.3 is 0 Å². The van der Waals surface area contributed by atoms with Crippen molar-refractivity contribution >= 4 is 28.2 Å². The summed E-state index contributed by atoms with van der Waals surface area (Å²) in [6, 6.07) is 15.2. The molecular formula is C26H25FN6O3. The zero-order valence-corrected chi connectivity index (χ0v) is 19.7. The van der Waals surface area contributed by atoms with E-state index < -0.39 is 10.8 Å². The maximum absolute atomic E-state index is 13.7. The molecule has 184 valence electrons. The van der Waals surface area contributed by atoms with Crippen LogP contribution in [-0.4, -0.2) is 59.2 Å². The number of carbonyl (C=O) groups excluding carboxylic acids is 1. The number of amides is 1. The van der Waals surface area contributed by atoms with Crippen LogP contribution in [0.15, 0.2) is 54.6 Å². The number of carbonyl (C=O) groups is 1. The number of hydrogen-bond donors (Lipinski definition) is 2. The molecule has 0 unspecified atom stereocenters. The monoisotopic (exact) mass is 488 g/mol. The van der Waals surface area contributed by atoms with Crippen molar-refractivity contribution in [3.8, 4) is 11.3 Å². The molecule has 4 aromatic rings. The van der Waals surface area contributed by atoms with Crippen LogP contribution in [0.1, 0.15) is 21.5 Å². The predicted octanol–water partition coefficient (Wildman–Crippen LogP) is 3.72. The van der Waals surface area contributed by atoms with E-state index in [0.29, 0.717) is 41.8 Å². The number of nitro benzene ring substituents is 1. The van der Waals surface area contributed by atoms with E-state index in [4.69, 9.17) is 5.73 Å². The topological polar surface area (TPSA) is 121 Å². The van der Waals surface area contributed by atoms with Gasteiger partial charge in [-0.2, -0.15) is 5.10 Å². The number of fused-ring (bicyclic) bond motifs is 1. The van der Waals surface area contributed by atoms with Crippen LogP contribution in [0.4, 0.5) is 15.8 Å². The van der Waals surface area contributed by atoms with Crippen molar-refractivity contribution in [2.24, 2.45) is 5.73 Å². The van der Waals surface area contributed by atoms with Gasteiger partial charge in [0.25, 0.3) is 11.6 Å². The number of aromatic amines is 1. The summed E-state index contributed by atoms with van der Waals surface area (Å²) in [6.07, 6.45) is 0.479. The number of hydrogen-bond acceptors (Lipinski definition) is 6. The molecule has 0 aliphatic carbocycles. The number of nitrogens with two attached hydrogens (primary N) is 1. The van der Waals surface area contributed by atoms with E-state index in [9.17, 15) is 19.3 Å². The number of nitrogens with zero attached hydrogens (tertiary/aromatic N) is 4. The number of nitro groups is 1. The maximum Gasteiger partial charge on any atom is 0.293 e. The minimum atomic E-state index is -0.875. The van der Waals surface area contributed by atoms with Crippen LogP contribution in [0.2, 0.25) is 0 Å². The number of nitrogens with one attached hydrogen (secondary N) is 1. The van der Waals surface area contributed by atoms with Crippen LogP contribution in [0.3, 0.4) is 0 Å². The molecule has 1 aliphatic rings. The Balaban J connectivity index is 1.69. The second-order valence-electron chi connectivity index (χ2n) is 9.03. The minimum Gasteiger partial charge on any atom is -0.368 e.